The summed E-state index contributed by atoms with van der Waals surface area (Å²) < 4.78 is 23.8. The Hall–Kier alpha value is -1.62. The summed E-state index contributed by atoms with van der Waals surface area (Å²) in [7, 11) is 2.66. The molecule has 1 aromatic carbocycles. The minimum absolute atomic E-state index is 0.0723. The number of aryl methyl sites for hydroxylation is 1. The van der Waals surface area contributed by atoms with Crippen molar-refractivity contribution in [2.24, 2.45) is 5.73 Å². The van der Waals surface area contributed by atoms with E-state index >= 15 is 0 Å². The van der Waals surface area contributed by atoms with Gasteiger partial charge in [0.1, 0.15) is 0 Å². The van der Waals surface area contributed by atoms with Crippen molar-refractivity contribution in [2.75, 3.05) is 14.2 Å². The van der Waals surface area contributed by atoms with Gasteiger partial charge in [-0.1, -0.05) is 0 Å². The lowest BCUT2D eigenvalue weighted by molar-refractivity contribution is 0.0964. The van der Waals surface area contributed by atoms with Crippen LogP contribution in [0.4, 0.5) is 4.39 Å². The lowest BCUT2D eigenvalue weighted by atomic mass is 10.0. The van der Waals surface area contributed by atoms with E-state index in [1.165, 1.54) is 20.3 Å². The first kappa shape index (κ1) is 13.4. The van der Waals surface area contributed by atoms with Crippen molar-refractivity contribution in [1.82, 2.24) is 0 Å². The number of carbonyl (C=O) groups is 1. The molecule has 0 fully saturated rings. The highest BCUT2D eigenvalue weighted by Gasteiger charge is 2.23. The quantitative estimate of drug-likeness (QED) is 0.815. The van der Waals surface area contributed by atoms with E-state index in [2.05, 4.69) is 0 Å². The summed E-state index contributed by atoms with van der Waals surface area (Å²) in [5, 5.41) is 0. The normalized spacial score (nSPS) is 12.1. The summed E-state index contributed by atoms with van der Waals surface area (Å²) in [5.41, 5.74) is 6.16. The second kappa shape index (κ2) is 5.14. The molecule has 17 heavy (non-hydrogen) atoms. The Balaban J connectivity index is 3.47. The maximum atomic E-state index is 14.0. The van der Waals surface area contributed by atoms with Crippen molar-refractivity contribution in [2.45, 2.75) is 19.9 Å². The summed E-state index contributed by atoms with van der Waals surface area (Å²) in [4.78, 5) is 11.8. The monoisotopic (exact) mass is 241 g/mol. The SMILES string of the molecule is COc1c(C)cc(C(=O)C(C)N)c(OC)c1F. The fraction of sp³-hybridized carbons (Fsp3) is 0.417. The zero-order valence-corrected chi connectivity index (χ0v) is 10.3. The van der Waals surface area contributed by atoms with E-state index in [1.807, 2.05) is 0 Å². The number of hydrogen-bond acceptors (Lipinski definition) is 4. The van der Waals surface area contributed by atoms with Gasteiger partial charge in [0.25, 0.3) is 0 Å². The molecule has 1 rings (SSSR count). The minimum Gasteiger partial charge on any atom is -0.493 e. The number of methoxy groups -OCH3 is 2. The van der Waals surface area contributed by atoms with E-state index in [9.17, 15) is 9.18 Å². The standard InChI is InChI=1S/C12H16FNO3/c1-6-5-8(10(15)7(2)14)12(17-4)9(13)11(6)16-3/h5,7H,14H2,1-4H3. The smallest absolute Gasteiger partial charge is 0.207 e. The first-order valence-electron chi connectivity index (χ1n) is 5.14. The zero-order chi connectivity index (χ0) is 13.2. The third-order valence-corrected chi connectivity index (χ3v) is 2.45. The molecule has 1 unspecified atom stereocenters. The molecular weight excluding hydrogens is 225 g/mol. The van der Waals surface area contributed by atoms with Gasteiger partial charge in [0.05, 0.1) is 25.8 Å². The molecule has 0 saturated carbocycles. The number of benzene rings is 1. The van der Waals surface area contributed by atoms with Crippen LogP contribution in [0.1, 0.15) is 22.8 Å². The van der Waals surface area contributed by atoms with Crippen molar-refractivity contribution >= 4 is 5.78 Å². The van der Waals surface area contributed by atoms with E-state index in [4.69, 9.17) is 15.2 Å². The van der Waals surface area contributed by atoms with E-state index < -0.39 is 11.9 Å². The van der Waals surface area contributed by atoms with Crippen molar-refractivity contribution in [1.29, 1.82) is 0 Å². The van der Waals surface area contributed by atoms with Gasteiger partial charge in [0.15, 0.2) is 17.3 Å². The highest BCUT2D eigenvalue weighted by atomic mass is 19.1. The summed E-state index contributed by atoms with van der Waals surface area (Å²) in [5.74, 6) is -1.11. The largest absolute Gasteiger partial charge is 0.493 e. The number of carbonyl (C=O) groups excluding carboxylic acids is 1. The van der Waals surface area contributed by atoms with Crippen molar-refractivity contribution in [3.8, 4) is 11.5 Å². The Bertz CT molecular complexity index is 444. The van der Waals surface area contributed by atoms with E-state index in [1.54, 1.807) is 13.8 Å². The lowest BCUT2D eigenvalue weighted by Gasteiger charge is -2.15. The van der Waals surface area contributed by atoms with Gasteiger partial charge < -0.3 is 15.2 Å². The predicted molar refractivity (Wildman–Crippen MR) is 62.2 cm³/mol. The molecule has 0 bridgehead atoms. The molecule has 5 heteroatoms. The highest BCUT2D eigenvalue weighted by molar-refractivity contribution is 6.02. The Labute approximate surface area is 99.5 Å². The summed E-state index contributed by atoms with van der Waals surface area (Å²) in [6.07, 6.45) is 0. The van der Waals surface area contributed by atoms with Crippen LogP contribution in [-0.4, -0.2) is 26.0 Å². The van der Waals surface area contributed by atoms with E-state index in [-0.39, 0.29) is 22.8 Å². The average molecular weight is 241 g/mol. The second-order valence-corrected chi connectivity index (χ2v) is 3.77. The fourth-order valence-electron chi connectivity index (χ4n) is 1.62. The van der Waals surface area contributed by atoms with Gasteiger partial charge in [-0.3, -0.25) is 4.79 Å². The number of Topliss-reactive ketones (excluding diaryl/α,β-unsaturated/α-hetero) is 1. The van der Waals surface area contributed by atoms with Gasteiger partial charge in [0.2, 0.25) is 5.82 Å². The molecule has 0 radical (unpaired) electrons. The van der Waals surface area contributed by atoms with Crippen LogP contribution in [0.2, 0.25) is 0 Å². The summed E-state index contributed by atoms with van der Waals surface area (Å²) >= 11 is 0. The summed E-state index contributed by atoms with van der Waals surface area (Å²) in [6.45, 7) is 3.19. The zero-order valence-electron chi connectivity index (χ0n) is 10.3. The van der Waals surface area contributed by atoms with Gasteiger partial charge in [-0.15, -0.1) is 0 Å². The number of ketones is 1. The molecule has 1 aromatic rings. The van der Waals surface area contributed by atoms with E-state index in [0.717, 1.165) is 0 Å². The first-order valence-corrected chi connectivity index (χ1v) is 5.14. The van der Waals surface area contributed by atoms with Gasteiger partial charge in [-0.2, -0.15) is 4.39 Å². The molecule has 0 amide bonds. The topological polar surface area (TPSA) is 61.5 Å². The molecule has 0 aliphatic rings. The minimum atomic E-state index is -0.712. The van der Waals surface area contributed by atoms with Crippen molar-refractivity contribution in [3.63, 3.8) is 0 Å². The molecule has 94 valence electrons. The molecule has 1 atom stereocenters. The Morgan fingerprint density at radius 2 is 1.88 bits per heavy atom. The summed E-state index contributed by atoms with van der Waals surface area (Å²) in [6, 6.07) is 0.808. The molecule has 0 spiro atoms. The first-order chi connectivity index (χ1) is 7.93. The fourth-order valence-corrected chi connectivity index (χ4v) is 1.62. The molecule has 0 aliphatic carbocycles. The molecule has 0 aromatic heterocycles. The number of ether oxygens (including phenoxy) is 2. The number of hydrogen-bond donors (Lipinski definition) is 1. The molecular formula is C12H16FNO3. The van der Waals surface area contributed by atoms with Crippen LogP contribution in [0.25, 0.3) is 0 Å². The van der Waals surface area contributed by atoms with Crippen molar-refractivity contribution in [3.05, 3.63) is 23.0 Å². The maximum absolute atomic E-state index is 14.0. The van der Waals surface area contributed by atoms with Crippen LogP contribution in [0.3, 0.4) is 0 Å². The van der Waals surface area contributed by atoms with Gasteiger partial charge >= 0.3 is 0 Å². The molecule has 2 N–H and O–H groups in total. The van der Waals surface area contributed by atoms with Crippen molar-refractivity contribution < 1.29 is 18.7 Å². The van der Waals surface area contributed by atoms with Gasteiger partial charge in [-0.05, 0) is 25.5 Å². The Kier molecular flexibility index (Phi) is 4.07. The van der Waals surface area contributed by atoms with Crippen LogP contribution >= 0.6 is 0 Å². The molecule has 0 heterocycles. The number of rotatable bonds is 4. The van der Waals surface area contributed by atoms with Crippen LogP contribution in [-0.2, 0) is 0 Å². The van der Waals surface area contributed by atoms with Gasteiger partial charge in [-0.25, -0.2) is 0 Å². The average Bonchev–Trinajstić information content (AvgIpc) is 2.27. The lowest BCUT2D eigenvalue weighted by Crippen LogP contribution is -2.27. The Morgan fingerprint density at radius 1 is 1.35 bits per heavy atom. The second-order valence-electron chi connectivity index (χ2n) is 3.77. The number of nitrogens with two attached hydrogens (primary N) is 1. The Morgan fingerprint density at radius 3 is 2.29 bits per heavy atom. The maximum Gasteiger partial charge on any atom is 0.207 e. The highest BCUT2D eigenvalue weighted by Crippen LogP contribution is 2.34. The third kappa shape index (κ3) is 2.39. The number of halogens is 1. The predicted octanol–water partition coefficient (Wildman–Crippen LogP) is 1.68. The van der Waals surface area contributed by atoms with Gasteiger partial charge in [0, 0.05) is 0 Å². The van der Waals surface area contributed by atoms with E-state index in [0.29, 0.717) is 5.56 Å². The van der Waals surface area contributed by atoms with Crippen LogP contribution in [0.15, 0.2) is 6.07 Å². The third-order valence-electron chi connectivity index (χ3n) is 2.45. The molecule has 0 saturated heterocycles. The van der Waals surface area contributed by atoms with Crippen LogP contribution < -0.4 is 15.2 Å². The molecule has 0 aliphatic heterocycles. The molecule has 4 nitrogen and oxygen atoms in total. The van der Waals surface area contributed by atoms with Crippen LogP contribution in [0.5, 0.6) is 11.5 Å². The van der Waals surface area contributed by atoms with Crippen LogP contribution in [0, 0.1) is 12.7 Å².